The third-order valence-electron chi connectivity index (χ3n) is 3.05. The van der Waals surface area contributed by atoms with Crippen LogP contribution in [0.25, 0.3) is 0 Å². The van der Waals surface area contributed by atoms with Gasteiger partial charge in [-0.15, -0.1) is 12.4 Å². The molecule has 1 aromatic carbocycles. The average Bonchev–Trinajstić information content (AvgIpc) is 2.63. The maximum Gasteiger partial charge on any atom is 0.221 e. The molecule has 0 aliphatic carbocycles. The number of halogens is 1. The van der Waals surface area contributed by atoms with E-state index in [-0.39, 0.29) is 12.4 Å². The first-order valence-corrected chi connectivity index (χ1v) is 5.61. The monoisotopic (exact) mass is 250 g/mol. The van der Waals surface area contributed by atoms with Gasteiger partial charge in [-0.05, 0) is 25.5 Å². The first-order valence-electron chi connectivity index (χ1n) is 5.61. The number of para-hydroxylation sites is 1. The largest absolute Gasteiger partial charge is 0.439 e. The molecular formula is C13H15ClN2O. The lowest BCUT2D eigenvalue weighted by molar-refractivity contribution is 0.401. The normalized spacial score (nSPS) is 12.1. The van der Waals surface area contributed by atoms with E-state index in [0.717, 1.165) is 30.3 Å². The molecule has 0 spiro atoms. The fourth-order valence-corrected chi connectivity index (χ4v) is 2.17. The van der Waals surface area contributed by atoms with Gasteiger partial charge in [0.1, 0.15) is 5.75 Å². The van der Waals surface area contributed by atoms with Gasteiger partial charge in [-0.2, -0.15) is 5.10 Å². The summed E-state index contributed by atoms with van der Waals surface area (Å²) in [6, 6.07) is 8.18. The summed E-state index contributed by atoms with van der Waals surface area (Å²) in [7, 11) is 0. The van der Waals surface area contributed by atoms with Crippen LogP contribution >= 0.6 is 12.4 Å². The van der Waals surface area contributed by atoms with Crippen molar-refractivity contribution in [2.24, 2.45) is 0 Å². The molecule has 0 saturated carbocycles. The molecule has 2 heterocycles. The highest BCUT2D eigenvalue weighted by molar-refractivity contribution is 5.85. The van der Waals surface area contributed by atoms with Crippen LogP contribution in [0.4, 0.5) is 0 Å². The molecule has 0 bridgehead atoms. The van der Waals surface area contributed by atoms with Gasteiger partial charge in [-0.1, -0.05) is 18.2 Å². The number of aromatic nitrogens is 2. The van der Waals surface area contributed by atoms with Crippen molar-refractivity contribution in [1.29, 1.82) is 0 Å². The van der Waals surface area contributed by atoms with Gasteiger partial charge in [0.2, 0.25) is 5.88 Å². The lowest BCUT2D eigenvalue weighted by Gasteiger charge is -2.18. The Bertz CT molecular complexity index is 548. The Morgan fingerprint density at radius 1 is 1.35 bits per heavy atom. The molecule has 1 aromatic heterocycles. The van der Waals surface area contributed by atoms with Crippen molar-refractivity contribution in [3.8, 4) is 11.6 Å². The van der Waals surface area contributed by atoms with Crippen molar-refractivity contribution in [3.05, 3.63) is 41.1 Å². The van der Waals surface area contributed by atoms with Crippen molar-refractivity contribution in [3.63, 3.8) is 0 Å². The Morgan fingerprint density at radius 2 is 2.12 bits per heavy atom. The molecule has 3 nitrogen and oxygen atoms in total. The molecule has 0 N–H and O–H groups in total. The zero-order chi connectivity index (χ0) is 11.1. The van der Waals surface area contributed by atoms with Crippen molar-refractivity contribution in [2.75, 3.05) is 0 Å². The molecular weight excluding hydrogens is 236 g/mol. The molecule has 3 rings (SSSR count). The highest BCUT2D eigenvalue weighted by atomic mass is 35.5. The van der Waals surface area contributed by atoms with Crippen LogP contribution in [-0.2, 0) is 13.0 Å². The van der Waals surface area contributed by atoms with Gasteiger partial charge < -0.3 is 4.74 Å². The molecule has 17 heavy (non-hydrogen) atoms. The zero-order valence-electron chi connectivity index (χ0n) is 9.93. The van der Waals surface area contributed by atoms with Gasteiger partial charge in [0, 0.05) is 18.5 Å². The molecule has 1 aliphatic rings. The summed E-state index contributed by atoms with van der Waals surface area (Å²) < 4.78 is 7.85. The number of ether oxygens (including phenoxy) is 1. The maximum absolute atomic E-state index is 5.92. The van der Waals surface area contributed by atoms with Gasteiger partial charge in [-0.3, -0.25) is 0 Å². The molecule has 4 heteroatoms. The Morgan fingerprint density at radius 3 is 2.88 bits per heavy atom. The summed E-state index contributed by atoms with van der Waals surface area (Å²) in [6.07, 6.45) is 0.928. The minimum absolute atomic E-state index is 0. The fraction of sp³-hybridized carbons (Fsp3) is 0.308. The number of hydrogen-bond acceptors (Lipinski definition) is 2. The fourth-order valence-electron chi connectivity index (χ4n) is 2.17. The summed E-state index contributed by atoms with van der Waals surface area (Å²) in [5.41, 5.74) is 3.54. The number of rotatable bonds is 1. The second kappa shape index (κ2) is 4.41. The van der Waals surface area contributed by atoms with E-state index >= 15 is 0 Å². The van der Waals surface area contributed by atoms with Gasteiger partial charge >= 0.3 is 0 Å². The van der Waals surface area contributed by atoms with Crippen LogP contribution in [0.5, 0.6) is 11.6 Å². The topological polar surface area (TPSA) is 27.1 Å². The second-order valence-electron chi connectivity index (χ2n) is 4.07. The van der Waals surface area contributed by atoms with Gasteiger partial charge in [0.05, 0.1) is 5.69 Å². The van der Waals surface area contributed by atoms with Crippen molar-refractivity contribution < 1.29 is 4.74 Å². The van der Waals surface area contributed by atoms with Crippen LogP contribution in [0, 0.1) is 6.92 Å². The summed E-state index contributed by atoms with van der Waals surface area (Å²) in [5, 5.41) is 4.49. The minimum atomic E-state index is 0. The summed E-state index contributed by atoms with van der Waals surface area (Å²) in [5.74, 6) is 1.88. The van der Waals surface area contributed by atoms with E-state index < -0.39 is 0 Å². The molecule has 1 aliphatic heterocycles. The molecule has 0 fully saturated rings. The summed E-state index contributed by atoms with van der Waals surface area (Å²) >= 11 is 0. The second-order valence-corrected chi connectivity index (χ2v) is 4.07. The van der Waals surface area contributed by atoms with E-state index in [4.69, 9.17) is 4.74 Å². The van der Waals surface area contributed by atoms with E-state index in [1.165, 1.54) is 11.1 Å². The van der Waals surface area contributed by atoms with Gasteiger partial charge in [0.25, 0.3) is 0 Å². The minimum Gasteiger partial charge on any atom is -0.439 e. The van der Waals surface area contributed by atoms with E-state index in [0.29, 0.717) is 0 Å². The van der Waals surface area contributed by atoms with Crippen molar-refractivity contribution >= 4 is 12.4 Å². The van der Waals surface area contributed by atoms with Crippen molar-refractivity contribution in [2.45, 2.75) is 26.8 Å². The maximum atomic E-state index is 5.92. The van der Waals surface area contributed by atoms with Crippen molar-refractivity contribution in [1.82, 2.24) is 9.78 Å². The van der Waals surface area contributed by atoms with Crippen LogP contribution < -0.4 is 4.74 Å². The number of benzene rings is 1. The lowest BCUT2D eigenvalue weighted by atomic mass is 10.0. The smallest absolute Gasteiger partial charge is 0.221 e. The Kier molecular flexibility index (Phi) is 3.11. The Labute approximate surface area is 107 Å². The molecule has 0 amide bonds. The SMILES string of the molecule is CCn1nc(C)c2c1Oc1ccccc1C2.Cl. The Hall–Kier alpha value is -1.48. The van der Waals surface area contributed by atoms with Crippen LogP contribution in [0.3, 0.4) is 0 Å². The molecule has 0 unspecified atom stereocenters. The van der Waals surface area contributed by atoms with E-state index in [2.05, 4.69) is 18.1 Å². The van der Waals surface area contributed by atoms with E-state index in [1.54, 1.807) is 0 Å². The molecule has 0 saturated heterocycles. The average molecular weight is 251 g/mol. The highest BCUT2D eigenvalue weighted by Gasteiger charge is 2.23. The van der Waals surface area contributed by atoms with Crippen LogP contribution in [-0.4, -0.2) is 9.78 Å². The van der Waals surface area contributed by atoms with E-state index in [1.807, 2.05) is 29.8 Å². The highest BCUT2D eigenvalue weighted by Crippen LogP contribution is 2.37. The van der Waals surface area contributed by atoms with Gasteiger partial charge in [-0.25, -0.2) is 4.68 Å². The van der Waals surface area contributed by atoms with E-state index in [9.17, 15) is 0 Å². The number of nitrogens with zero attached hydrogens (tertiary/aromatic N) is 2. The van der Waals surface area contributed by atoms with Crippen LogP contribution in [0.1, 0.15) is 23.7 Å². The first-order chi connectivity index (χ1) is 7.79. The van der Waals surface area contributed by atoms with Crippen LogP contribution in [0.15, 0.2) is 24.3 Å². The lowest BCUT2D eigenvalue weighted by Crippen LogP contribution is -2.06. The number of hydrogen-bond donors (Lipinski definition) is 0. The van der Waals surface area contributed by atoms with Gasteiger partial charge in [0.15, 0.2) is 0 Å². The number of fused-ring (bicyclic) bond motifs is 2. The first kappa shape index (κ1) is 12.0. The third-order valence-corrected chi connectivity index (χ3v) is 3.05. The quantitative estimate of drug-likeness (QED) is 0.662. The van der Waals surface area contributed by atoms with Crippen LogP contribution in [0.2, 0.25) is 0 Å². The molecule has 2 aromatic rings. The summed E-state index contributed by atoms with van der Waals surface area (Å²) in [6.45, 7) is 4.97. The molecule has 90 valence electrons. The standard InChI is InChI=1S/C13H14N2O.ClH/c1-3-15-13-11(9(2)14-15)8-10-6-4-5-7-12(10)16-13;/h4-7H,3,8H2,1-2H3;1H. The Balaban J connectivity index is 0.00000108. The molecule has 0 radical (unpaired) electrons. The predicted molar refractivity (Wildman–Crippen MR) is 69.2 cm³/mol. The summed E-state index contributed by atoms with van der Waals surface area (Å²) in [4.78, 5) is 0. The number of aryl methyl sites for hydroxylation is 2. The third kappa shape index (κ3) is 1.80. The molecule has 0 atom stereocenters. The predicted octanol–water partition coefficient (Wildman–Crippen LogP) is 3.33. The zero-order valence-corrected chi connectivity index (χ0v) is 10.8.